The SMILES string of the molecule is CCCC1C([BH-](F)F)[C@@H]1C(=O)OCC. The van der Waals surface area contributed by atoms with Crippen LogP contribution >= 0.6 is 0 Å². The normalized spacial score (nSPS) is 30.5. The van der Waals surface area contributed by atoms with Gasteiger partial charge in [-0.05, 0) is 6.92 Å². The number of carbonyl (C=O) groups is 1. The van der Waals surface area contributed by atoms with E-state index in [1.54, 1.807) is 6.92 Å². The molecule has 1 aliphatic carbocycles. The van der Waals surface area contributed by atoms with Gasteiger partial charge in [0.05, 0.1) is 6.61 Å². The van der Waals surface area contributed by atoms with Gasteiger partial charge in [-0.25, -0.2) is 0 Å². The molecule has 1 fully saturated rings. The molecule has 0 aromatic heterocycles. The molecular formula is C9H16BF2O2-. The molecule has 0 amide bonds. The Labute approximate surface area is 83.2 Å². The Bertz CT molecular complexity index is 211. The smallest absolute Gasteiger partial charge is 0.306 e. The lowest BCUT2D eigenvalue weighted by Crippen LogP contribution is -2.10. The summed E-state index contributed by atoms with van der Waals surface area (Å²) in [6.45, 7) is 3.91. The second-order valence-electron chi connectivity index (χ2n) is 3.80. The second kappa shape index (κ2) is 4.76. The number of ether oxygens (including phenoxy) is 1. The Morgan fingerprint density at radius 3 is 2.50 bits per heavy atom. The fourth-order valence-electron chi connectivity index (χ4n) is 2.18. The molecule has 1 rings (SSSR count). The van der Waals surface area contributed by atoms with E-state index in [1.165, 1.54) is 0 Å². The molecular weight excluding hydrogens is 189 g/mol. The van der Waals surface area contributed by atoms with Crippen molar-refractivity contribution in [2.75, 3.05) is 6.61 Å². The maximum absolute atomic E-state index is 12.5. The number of hydrogen-bond donors (Lipinski definition) is 0. The molecule has 0 aromatic rings. The predicted molar refractivity (Wildman–Crippen MR) is 51.6 cm³/mol. The molecule has 0 aromatic carbocycles. The van der Waals surface area contributed by atoms with Gasteiger partial charge in [-0.2, -0.15) is 0 Å². The Hall–Kier alpha value is -0.605. The summed E-state index contributed by atoms with van der Waals surface area (Å²) in [7, 11) is -3.15. The quantitative estimate of drug-likeness (QED) is 0.507. The largest absolute Gasteiger partial charge is 0.481 e. The Morgan fingerprint density at radius 2 is 2.07 bits per heavy atom. The van der Waals surface area contributed by atoms with Crippen molar-refractivity contribution < 1.29 is 18.2 Å². The summed E-state index contributed by atoms with van der Waals surface area (Å²) >= 11 is 0. The minimum atomic E-state index is -3.15. The van der Waals surface area contributed by atoms with Crippen LogP contribution in [0.3, 0.4) is 0 Å². The fourth-order valence-corrected chi connectivity index (χ4v) is 2.18. The third-order valence-corrected chi connectivity index (χ3v) is 2.87. The highest BCUT2D eigenvalue weighted by Crippen LogP contribution is 2.57. The number of rotatable bonds is 5. The summed E-state index contributed by atoms with van der Waals surface area (Å²) < 4.78 is 29.8. The van der Waals surface area contributed by atoms with Crippen molar-refractivity contribution in [3.8, 4) is 0 Å². The maximum atomic E-state index is 12.5. The first-order chi connectivity index (χ1) is 6.63. The number of hydrogen-bond acceptors (Lipinski definition) is 2. The van der Waals surface area contributed by atoms with Gasteiger partial charge in [-0.15, -0.1) is 0 Å². The summed E-state index contributed by atoms with van der Waals surface area (Å²) in [5, 5.41) is 0. The van der Waals surface area contributed by atoms with Gasteiger partial charge < -0.3 is 13.4 Å². The molecule has 0 radical (unpaired) electrons. The van der Waals surface area contributed by atoms with Crippen molar-refractivity contribution in [2.24, 2.45) is 11.8 Å². The van der Waals surface area contributed by atoms with E-state index in [9.17, 15) is 13.4 Å². The van der Waals surface area contributed by atoms with Crippen molar-refractivity contribution in [3.05, 3.63) is 0 Å². The van der Waals surface area contributed by atoms with Gasteiger partial charge in [-0.1, -0.05) is 31.5 Å². The standard InChI is InChI=1S/C9H16BF2O2/c1-3-5-6-7(8(6)10(11)12)9(13)14-4-2/h6-8,10H,3-5H2,1-2H3/q-1/t6?,7-,8?/m1/s1. The minimum Gasteiger partial charge on any atom is -0.481 e. The van der Waals surface area contributed by atoms with Crippen LogP contribution in [0, 0.1) is 11.8 Å². The van der Waals surface area contributed by atoms with Crippen LogP contribution < -0.4 is 0 Å². The van der Waals surface area contributed by atoms with Crippen LogP contribution in [0.15, 0.2) is 0 Å². The third-order valence-electron chi connectivity index (χ3n) is 2.87. The lowest BCUT2D eigenvalue weighted by atomic mass is 9.86. The van der Waals surface area contributed by atoms with E-state index in [1.807, 2.05) is 6.92 Å². The average molecular weight is 205 g/mol. The molecule has 0 aliphatic heterocycles. The zero-order chi connectivity index (χ0) is 10.7. The predicted octanol–water partition coefficient (Wildman–Crippen LogP) is 2.13. The van der Waals surface area contributed by atoms with Crippen molar-refractivity contribution >= 4 is 13.2 Å². The topological polar surface area (TPSA) is 26.3 Å². The maximum Gasteiger partial charge on any atom is 0.306 e. The molecule has 1 aliphatic rings. The molecule has 3 atom stereocenters. The summed E-state index contributed by atoms with van der Waals surface area (Å²) in [6, 6.07) is 0. The molecule has 14 heavy (non-hydrogen) atoms. The molecule has 0 saturated heterocycles. The van der Waals surface area contributed by atoms with E-state index in [4.69, 9.17) is 4.74 Å². The second-order valence-corrected chi connectivity index (χ2v) is 3.80. The molecule has 0 bridgehead atoms. The molecule has 1 saturated carbocycles. The van der Waals surface area contributed by atoms with Crippen molar-refractivity contribution in [1.82, 2.24) is 0 Å². The van der Waals surface area contributed by atoms with Crippen molar-refractivity contribution in [2.45, 2.75) is 32.5 Å². The van der Waals surface area contributed by atoms with Gasteiger partial charge in [-0.3, -0.25) is 4.79 Å². The number of carbonyl (C=O) groups excluding carboxylic acids is 1. The highest BCUT2D eigenvalue weighted by atomic mass is 19.2. The fraction of sp³-hybridized carbons (Fsp3) is 0.889. The van der Waals surface area contributed by atoms with Gasteiger partial charge in [0.2, 0.25) is 0 Å². The third kappa shape index (κ3) is 2.25. The van der Waals surface area contributed by atoms with Gasteiger partial charge in [0, 0.05) is 5.92 Å². The van der Waals surface area contributed by atoms with Crippen LogP contribution in [-0.4, -0.2) is 19.8 Å². The van der Waals surface area contributed by atoms with E-state index in [2.05, 4.69) is 0 Å². The zero-order valence-electron chi connectivity index (χ0n) is 8.63. The zero-order valence-corrected chi connectivity index (χ0v) is 8.63. The van der Waals surface area contributed by atoms with Crippen LogP contribution in [0.2, 0.25) is 5.82 Å². The first-order valence-corrected chi connectivity index (χ1v) is 5.25. The van der Waals surface area contributed by atoms with Gasteiger partial charge >= 0.3 is 5.97 Å². The number of esters is 1. The molecule has 2 unspecified atom stereocenters. The lowest BCUT2D eigenvalue weighted by Gasteiger charge is -2.03. The lowest BCUT2D eigenvalue weighted by molar-refractivity contribution is -0.145. The van der Waals surface area contributed by atoms with Crippen LogP contribution in [0.25, 0.3) is 0 Å². The molecule has 0 heterocycles. The molecule has 5 heteroatoms. The highest BCUT2D eigenvalue weighted by molar-refractivity contribution is 6.47. The van der Waals surface area contributed by atoms with E-state index in [0.717, 1.165) is 6.42 Å². The first kappa shape index (κ1) is 11.5. The molecule has 2 nitrogen and oxygen atoms in total. The van der Waals surface area contributed by atoms with Crippen molar-refractivity contribution in [3.63, 3.8) is 0 Å². The van der Waals surface area contributed by atoms with E-state index in [-0.39, 0.29) is 12.5 Å². The summed E-state index contributed by atoms with van der Waals surface area (Å²) in [5.74, 6) is -1.73. The van der Waals surface area contributed by atoms with Gasteiger partial charge in [0.15, 0.2) is 0 Å². The number of halogens is 2. The molecule has 0 spiro atoms. The monoisotopic (exact) mass is 205 g/mol. The molecule has 0 N–H and O–H groups in total. The first-order valence-electron chi connectivity index (χ1n) is 5.25. The van der Waals surface area contributed by atoms with E-state index >= 15 is 0 Å². The molecule has 82 valence electrons. The van der Waals surface area contributed by atoms with E-state index < -0.39 is 25.0 Å². The van der Waals surface area contributed by atoms with Crippen LogP contribution in [0.1, 0.15) is 26.7 Å². The van der Waals surface area contributed by atoms with Crippen LogP contribution in [0.5, 0.6) is 0 Å². The van der Waals surface area contributed by atoms with Crippen LogP contribution in [0.4, 0.5) is 8.63 Å². The Morgan fingerprint density at radius 1 is 1.43 bits per heavy atom. The highest BCUT2D eigenvalue weighted by Gasteiger charge is 2.54. The summed E-state index contributed by atoms with van der Waals surface area (Å²) in [6.07, 6.45) is 1.56. The minimum absolute atomic E-state index is 0.117. The van der Waals surface area contributed by atoms with Gasteiger partial charge in [0.25, 0.3) is 7.27 Å². The Kier molecular flexibility index (Phi) is 3.90. The van der Waals surface area contributed by atoms with Gasteiger partial charge in [0.1, 0.15) is 0 Å². The Balaban J connectivity index is 2.48. The van der Waals surface area contributed by atoms with Crippen molar-refractivity contribution in [1.29, 1.82) is 0 Å². The summed E-state index contributed by atoms with van der Waals surface area (Å²) in [4.78, 5) is 11.3. The van der Waals surface area contributed by atoms with E-state index in [0.29, 0.717) is 6.42 Å². The summed E-state index contributed by atoms with van der Waals surface area (Å²) in [5.41, 5.74) is 0. The van der Waals surface area contributed by atoms with Crippen LogP contribution in [-0.2, 0) is 9.53 Å². The average Bonchev–Trinajstić information content (AvgIpc) is 2.80.